The molecular weight excluding hydrogens is 180 g/mol. The molecule has 1 saturated heterocycles. The van der Waals surface area contributed by atoms with Gasteiger partial charge in [-0.3, -0.25) is 0 Å². The molecule has 2 rings (SSSR count). The predicted octanol–water partition coefficient (Wildman–Crippen LogP) is -1.26. The highest BCUT2D eigenvalue weighted by atomic mass is 15.3. The van der Waals surface area contributed by atoms with E-state index in [4.69, 9.17) is 11.5 Å². The highest BCUT2D eigenvalue weighted by molar-refractivity contribution is 5.29. The molecule has 0 aromatic carbocycles. The lowest BCUT2D eigenvalue weighted by Gasteiger charge is -2.34. The zero-order valence-corrected chi connectivity index (χ0v) is 7.87. The number of anilines is 1. The fourth-order valence-corrected chi connectivity index (χ4v) is 1.74. The summed E-state index contributed by atoms with van der Waals surface area (Å²) in [5.41, 5.74) is 11.7. The van der Waals surface area contributed by atoms with Gasteiger partial charge in [-0.15, -0.1) is 0 Å². The zero-order valence-electron chi connectivity index (χ0n) is 7.87. The molecule has 0 aliphatic carbocycles. The van der Waals surface area contributed by atoms with Gasteiger partial charge in [0, 0.05) is 25.2 Å². The largest absolute Gasteiger partial charge is 0.338 e. The molecule has 0 radical (unpaired) electrons. The van der Waals surface area contributed by atoms with E-state index in [9.17, 15) is 0 Å². The van der Waals surface area contributed by atoms with Gasteiger partial charge in [0.2, 0.25) is 5.95 Å². The zero-order chi connectivity index (χ0) is 9.97. The van der Waals surface area contributed by atoms with E-state index in [0.717, 1.165) is 19.5 Å². The van der Waals surface area contributed by atoms with E-state index in [-0.39, 0.29) is 12.1 Å². The fraction of sp³-hybridized carbons (Fsp3) is 0.625. The minimum Gasteiger partial charge on any atom is -0.338 e. The minimum absolute atomic E-state index is 0.107. The predicted molar refractivity (Wildman–Crippen MR) is 52.6 cm³/mol. The number of hydrogen-bond acceptors (Lipinski definition) is 6. The number of piperidine rings is 1. The van der Waals surface area contributed by atoms with Gasteiger partial charge >= 0.3 is 0 Å². The topological polar surface area (TPSA) is 94.0 Å². The Balaban J connectivity index is 2.11. The normalized spacial score (nSPS) is 27.7. The van der Waals surface area contributed by atoms with Gasteiger partial charge in [-0.25, -0.2) is 15.0 Å². The SMILES string of the molecule is NC1CC(N)CN(c2ncncn2)C1. The first-order valence-corrected chi connectivity index (χ1v) is 4.64. The standard InChI is InChI=1S/C8H14N6/c9-6-1-7(10)3-14(2-6)8-12-4-11-5-13-8/h4-7H,1-3,9-10H2. The van der Waals surface area contributed by atoms with Crippen molar-refractivity contribution in [2.24, 2.45) is 11.5 Å². The second-order valence-corrected chi connectivity index (χ2v) is 3.60. The number of nitrogens with zero attached hydrogens (tertiary/aromatic N) is 4. The molecule has 0 spiro atoms. The molecule has 1 aromatic heterocycles. The molecule has 0 amide bonds. The molecule has 0 saturated carbocycles. The highest BCUT2D eigenvalue weighted by Gasteiger charge is 2.23. The maximum absolute atomic E-state index is 5.86. The molecule has 2 atom stereocenters. The highest BCUT2D eigenvalue weighted by Crippen LogP contribution is 2.12. The molecule has 2 heterocycles. The quantitative estimate of drug-likeness (QED) is 0.579. The van der Waals surface area contributed by atoms with Crippen LogP contribution in [0.15, 0.2) is 12.7 Å². The summed E-state index contributed by atoms with van der Waals surface area (Å²) in [7, 11) is 0. The molecule has 0 bridgehead atoms. The Morgan fingerprint density at radius 3 is 2.29 bits per heavy atom. The van der Waals surface area contributed by atoms with Crippen molar-refractivity contribution in [2.75, 3.05) is 18.0 Å². The van der Waals surface area contributed by atoms with Crippen LogP contribution in [0.2, 0.25) is 0 Å². The summed E-state index contributed by atoms with van der Waals surface area (Å²) < 4.78 is 0. The lowest BCUT2D eigenvalue weighted by atomic mass is 10.0. The lowest BCUT2D eigenvalue weighted by molar-refractivity contribution is 0.447. The van der Waals surface area contributed by atoms with Crippen molar-refractivity contribution in [1.29, 1.82) is 0 Å². The summed E-state index contributed by atoms with van der Waals surface area (Å²) in [5.74, 6) is 0.658. The van der Waals surface area contributed by atoms with E-state index in [2.05, 4.69) is 15.0 Å². The van der Waals surface area contributed by atoms with Crippen LogP contribution in [0.25, 0.3) is 0 Å². The second kappa shape index (κ2) is 3.85. The van der Waals surface area contributed by atoms with Gasteiger partial charge in [-0.05, 0) is 6.42 Å². The summed E-state index contributed by atoms with van der Waals surface area (Å²) in [6, 6.07) is 0.214. The van der Waals surface area contributed by atoms with Crippen LogP contribution < -0.4 is 16.4 Å². The van der Waals surface area contributed by atoms with Gasteiger partial charge in [-0.2, -0.15) is 0 Å². The van der Waals surface area contributed by atoms with Crippen LogP contribution in [0.3, 0.4) is 0 Å². The van der Waals surface area contributed by atoms with Gasteiger partial charge in [-0.1, -0.05) is 0 Å². The summed E-state index contributed by atoms with van der Waals surface area (Å²) in [5, 5.41) is 0. The Labute approximate surface area is 82.3 Å². The molecule has 4 N–H and O–H groups in total. The maximum atomic E-state index is 5.86. The minimum atomic E-state index is 0.107. The second-order valence-electron chi connectivity index (χ2n) is 3.60. The van der Waals surface area contributed by atoms with Crippen molar-refractivity contribution in [3.63, 3.8) is 0 Å². The molecule has 76 valence electrons. The molecule has 2 unspecified atom stereocenters. The first kappa shape index (κ1) is 9.29. The van der Waals surface area contributed by atoms with Crippen molar-refractivity contribution in [2.45, 2.75) is 18.5 Å². The monoisotopic (exact) mass is 194 g/mol. The molecule has 14 heavy (non-hydrogen) atoms. The smallest absolute Gasteiger partial charge is 0.228 e. The van der Waals surface area contributed by atoms with Crippen molar-refractivity contribution < 1.29 is 0 Å². The molecule has 6 nitrogen and oxygen atoms in total. The third-order valence-corrected chi connectivity index (χ3v) is 2.28. The number of hydrogen-bond donors (Lipinski definition) is 2. The van der Waals surface area contributed by atoms with E-state index >= 15 is 0 Å². The van der Waals surface area contributed by atoms with Crippen LogP contribution in [0.1, 0.15) is 6.42 Å². The van der Waals surface area contributed by atoms with E-state index in [0.29, 0.717) is 5.95 Å². The van der Waals surface area contributed by atoms with Gasteiger partial charge < -0.3 is 16.4 Å². The first-order valence-electron chi connectivity index (χ1n) is 4.64. The molecule has 1 aromatic rings. The van der Waals surface area contributed by atoms with Gasteiger partial charge in [0.05, 0.1) is 0 Å². The van der Waals surface area contributed by atoms with Crippen LogP contribution in [0.4, 0.5) is 5.95 Å². The first-order chi connectivity index (χ1) is 6.75. The molecule has 1 fully saturated rings. The Morgan fingerprint density at radius 2 is 1.71 bits per heavy atom. The molecular formula is C8H14N6. The third kappa shape index (κ3) is 1.97. The van der Waals surface area contributed by atoms with Crippen molar-refractivity contribution in [3.05, 3.63) is 12.7 Å². The van der Waals surface area contributed by atoms with E-state index < -0.39 is 0 Å². The Bertz CT molecular complexity index is 279. The lowest BCUT2D eigenvalue weighted by Crippen LogP contribution is -2.52. The molecule has 1 aliphatic rings. The van der Waals surface area contributed by atoms with E-state index in [1.165, 1.54) is 12.7 Å². The summed E-state index contributed by atoms with van der Waals surface area (Å²) in [6.07, 6.45) is 3.82. The Morgan fingerprint density at radius 1 is 1.14 bits per heavy atom. The Hall–Kier alpha value is -1.27. The number of aromatic nitrogens is 3. The number of nitrogens with two attached hydrogens (primary N) is 2. The summed E-state index contributed by atoms with van der Waals surface area (Å²) >= 11 is 0. The van der Waals surface area contributed by atoms with Gasteiger partial charge in [0.25, 0.3) is 0 Å². The average molecular weight is 194 g/mol. The average Bonchev–Trinajstić information content (AvgIpc) is 2.18. The maximum Gasteiger partial charge on any atom is 0.228 e. The van der Waals surface area contributed by atoms with Crippen molar-refractivity contribution in [3.8, 4) is 0 Å². The molecule has 1 aliphatic heterocycles. The fourth-order valence-electron chi connectivity index (χ4n) is 1.74. The van der Waals surface area contributed by atoms with E-state index in [1.54, 1.807) is 0 Å². The van der Waals surface area contributed by atoms with Crippen LogP contribution >= 0.6 is 0 Å². The van der Waals surface area contributed by atoms with Gasteiger partial charge in [0.15, 0.2) is 0 Å². The summed E-state index contributed by atoms with van der Waals surface area (Å²) in [6.45, 7) is 1.52. The number of rotatable bonds is 1. The van der Waals surface area contributed by atoms with Crippen LogP contribution in [0.5, 0.6) is 0 Å². The van der Waals surface area contributed by atoms with Crippen LogP contribution in [0, 0.1) is 0 Å². The van der Waals surface area contributed by atoms with Gasteiger partial charge in [0.1, 0.15) is 12.7 Å². The molecule has 6 heteroatoms. The van der Waals surface area contributed by atoms with Crippen molar-refractivity contribution in [1.82, 2.24) is 15.0 Å². The summed E-state index contributed by atoms with van der Waals surface area (Å²) in [4.78, 5) is 13.9. The van der Waals surface area contributed by atoms with Crippen molar-refractivity contribution >= 4 is 5.95 Å². The van der Waals surface area contributed by atoms with Crippen LogP contribution in [-0.2, 0) is 0 Å². The Kier molecular flexibility index (Phi) is 2.55. The van der Waals surface area contributed by atoms with E-state index in [1.807, 2.05) is 4.90 Å². The van der Waals surface area contributed by atoms with Crippen LogP contribution in [-0.4, -0.2) is 40.1 Å². The third-order valence-electron chi connectivity index (χ3n) is 2.28.